The second-order valence-corrected chi connectivity index (χ2v) is 5.65. The fourth-order valence-corrected chi connectivity index (χ4v) is 2.54. The van der Waals surface area contributed by atoms with Crippen molar-refractivity contribution in [2.45, 2.75) is 25.4 Å². The maximum absolute atomic E-state index is 13.7. The van der Waals surface area contributed by atoms with Gasteiger partial charge in [-0.15, -0.1) is 0 Å². The first-order chi connectivity index (χ1) is 9.13. The van der Waals surface area contributed by atoms with E-state index >= 15 is 0 Å². The van der Waals surface area contributed by atoms with E-state index in [-0.39, 0.29) is 11.9 Å². The van der Waals surface area contributed by atoms with Crippen molar-refractivity contribution >= 4 is 11.6 Å². The van der Waals surface area contributed by atoms with Crippen molar-refractivity contribution in [3.8, 4) is 0 Å². The third-order valence-electron chi connectivity index (χ3n) is 3.65. The van der Waals surface area contributed by atoms with Gasteiger partial charge in [0.1, 0.15) is 5.82 Å². The molecule has 19 heavy (non-hydrogen) atoms. The molecule has 2 aromatic rings. The van der Waals surface area contributed by atoms with E-state index in [1.165, 1.54) is 18.9 Å². The molecule has 0 amide bonds. The Morgan fingerprint density at radius 1 is 1.37 bits per heavy atom. The molecule has 1 aromatic heterocycles. The first-order valence-electron chi connectivity index (χ1n) is 6.48. The van der Waals surface area contributed by atoms with Crippen LogP contribution >= 0.6 is 11.6 Å². The third-order valence-corrected chi connectivity index (χ3v) is 3.88. The minimum Gasteiger partial charge on any atom is -0.349 e. The Morgan fingerprint density at radius 3 is 2.89 bits per heavy atom. The number of halogens is 2. The molecule has 1 unspecified atom stereocenters. The highest BCUT2D eigenvalue weighted by Crippen LogP contribution is 2.39. The van der Waals surface area contributed by atoms with Gasteiger partial charge in [0, 0.05) is 35.6 Å². The van der Waals surface area contributed by atoms with Gasteiger partial charge in [-0.1, -0.05) is 11.6 Å². The fourth-order valence-electron chi connectivity index (χ4n) is 2.34. The minimum absolute atomic E-state index is 0.116. The van der Waals surface area contributed by atoms with Gasteiger partial charge < -0.3 is 10.3 Å². The average Bonchev–Trinajstić information content (AvgIpc) is 3.13. The number of nitrogens with zero attached hydrogens (tertiary/aromatic N) is 1. The van der Waals surface area contributed by atoms with Gasteiger partial charge >= 0.3 is 0 Å². The van der Waals surface area contributed by atoms with E-state index in [0.29, 0.717) is 23.0 Å². The molecule has 100 valence electrons. The molecule has 1 aliphatic rings. The molecule has 3 rings (SSSR count). The Bertz CT molecular complexity index is 590. The lowest BCUT2D eigenvalue weighted by atomic mass is 10.1. The van der Waals surface area contributed by atoms with Gasteiger partial charge in [-0.25, -0.2) is 4.39 Å². The SMILES string of the molecule is NC(c1ccn(Cc2cc(Cl)ccc2F)c1)C1CC1. The summed E-state index contributed by atoms with van der Waals surface area (Å²) in [5, 5.41) is 0.554. The van der Waals surface area contributed by atoms with Crippen molar-refractivity contribution in [1.82, 2.24) is 4.57 Å². The van der Waals surface area contributed by atoms with E-state index in [4.69, 9.17) is 17.3 Å². The first kappa shape index (κ1) is 12.7. The van der Waals surface area contributed by atoms with Gasteiger partial charge in [-0.05, 0) is 48.6 Å². The van der Waals surface area contributed by atoms with Crippen LogP contribution in [0.2, 0.25) is 5.02 Å². The summed E-state index contributed by atoms with van der Waals surface area (Å²) in [5.41, 5.74) is 7.87. The third kappa shape index (κ3) is 2.82. The Hall–Kier alpha value is -1.32. The summed E-state index contributed by atoms with van der Waals surface area (Å²) < 4.78 is 15.6. The number of rotatable bonds is 4. The van der Waals surface area contributed by atoms with Crippen LogP contribution in [0.15, 0.2) is 36.7 Å². The maximum atomic E-state index is 13.7. The van der Waals surface area contributed by atoms with E-state index in [0.717, 1.165) is 5.56 Å². The van der Waals surface area contributed by atoms with Crippen LogP contribution in [0.5, 0.6) is 0 Å². The molecule has 0 bridgehead atoms. The van der Waals surface area contributed by atoms with Gasteiger partial charge in [0.25, 0.3) is 0 Å². The van der Waals surface area contributed by atoms with Crippen LogP contribution in [0.3, 0.4) is 0 Å². The zero-order chi connectivity index (χ0) is 13.4. The van der Waals surface area contributed by atoms with E-state index in [1.54, 1.807) is 12.1 Å². The van der Waals surface area contributed by atoms with Crippen LogP contribution in [-0.2, 0) is 6.54 Å². The molecule has 2 nitrogen and oxygen atoms in total. The number of benzene rings is 1. The summed E-state index contributed by atoms with van der Waals surface area (Å²) >= 11 is 5.89. The summed E-state index contributed by atoms with van der Waals surface area (Å²) in [6, 6.07) is 6.76. The molecule has 2 N–H and O–H groups in total. The molecule has 0 radical (unpaired) electrons. The predicted octanol–water partition coefficient (Wildman–Crippen LogP) is 3.74. The molecular formula is C15H16ClFN2. The number of hydrogen-bond acceptors (Lipinski definition) is 1. The molecule has 1 heterocycles. The van der Waals surface area contributed by atoms with Crippen molar-refractivity contribution < 1.29 is 4.39 Å². The molecule has 1 saturated carbocycles. The summed E-state index contributed by atoms with van der Waals surface area (Å²) in [6.07, 6.45) is 6.38. The van der Waals surface area contributed by atoms with E-state index in [9.17, 15) is 4.39 Å². The van der Waals surface area contributed by atoms with Crippen LogP contribution < -0.4 is 5.73 Å². The molecule has 1 fully saturated rings. The normalized spacial score (nSPS) is 16.6. The standard InChI is InChI=1S/C15H16ClFN2/c16-13-3-4-14(17)12(7-13)9-19-6-5-11(8-19)15(18)10-1-2-10/h3-8,10,15H,1-2,9,18H2. The molecule has 0 saturated heterocycles. The molecule has 1 aliphatic carbocycles. The summed E-state index contributed by atoms with van der Waals surface area (Å²) in [6.45, 7) is 0.476. The quantitative estimate of drug-likeness (QED) is 0.907. The molecule has 1 atom stereocenters. The van der Waals surface area contributed by atoms with E-state index < -0.39 is 0 Å². The van der Waals surface area contributed by atoms with Crippen LogP contribution in [0.25, 0.3) is 0 Å². The minimum atomic E-state index is -0.230. The second-order valence-electron chi connectivity index (χ2n) is 5.22. The topological polar surface area (TPSA) is 30.9 Å². The van der Waals surface area contributed by atoms with Crippen LogP contribution in [0, 0.1) is 11.7 Å². The van der Waals surface area contributed by atoms with Crippen LogP contribution in [0.4, 0.5) is 4.39 Å². The highest BCUT2D eigenvalue weighted by atomic mass is 35.5. The highest BCUT2D eigenvalue weighted by molar-refractivity contribution is 6.30. The highest BCUT2D eigenvalue weighted by Gasteiger charge is 2.29. The molecular weight excluding hydrogens is 263 g/mol. The van der Waals surface area contributed by atoms with Crippen molar-refractivity contribution in [2.75, 3.05) is 0 Å². The second kappa shape index (κ2) is 4.99. The van der Waals surface area contributed by atoms with Crippen molar-refractivity contribution in [3.05, 3.63) is 58.6 Å². The van der Waals surface area contributed by atoms with Crippen LogP contribution in [0.1, 0.15) is 30.0 Å². The van der Waals surface area contributed by atoms with Gasteiger partial charge in [0.2, 0.25) is 0 Å². The molecule has 1 aromatic carbocycles. The van der Waals surface area contributed by atoms with Gasteiger partial charge in [0.05, 0.1) is 0 Å². The predicted molar refractivity (Wildman–Crippen MR) is 74.6 cm³/mol. The largest absolute Gasteiger partial charge is 0.349 e. The summed E-state index contributed by atoms with van der Waals surface area (Å²) in [7, 11) is 0. The average molecular weight is 279 g/mol. The zero-order valence-electron chi connectivity index (χ0n) is 10.5. The lowest BCUT2D eigenvalue weighted by Crippen LogP contribution is -2.11. The number of nitrogens with two attached hydrogens (primary N) is 1. The lowest BCUT2D eigenvalue weighted by Gasteiger charge is -2.08. The Morgan fingerprint density at radius 2 is 2.16 bits per heavy atom. The van der Waals surface area contributed by atoms with Crippen molar-refractivity contribution in [3.63, 3.8) is 0 Å². The summed E-state index contributed by atoms with van der Waals surface area (Å²) in [4.78, 5) is 0. The van der Waals surface area contributed by atoms with E-state index in [2.05, 4.69) is 0 Å². The first-order valence-corrected chi connectivity index (χ1v) is 6.86. The Balaban J connectivity index is 1.77. The van der Waals surface area contributed by atoms with Crippen LogP contribution in [-0.4, -0.2) is 4.57 Å². The Labute approximate surface area is 117 Å². The molecule has 4 heteroatoms. The van der Waals surface area contributed by atoms with Gasteiger partial charge in [-0.3, -0.25) is 0 Å². The molecule has 0 spiro atoms. The monoisotopic (exact) mass is 278 g/mol. The number of aromatic nitrogens is 1. The maximum Gasteiger partial charge on any atom is 0.128 e. The summed E-state index contributed by atoms with van der Waals surface area (Å²) in [5.74, 6) is 0.393. The lowest BCUT2D eigenvalue weighted by molar-refractivity contribution is 0.598. The smallest absolute Gasteiger partial charge is 0.128 e. The molecule has 0 aliphatic heterocycles. The fraction of sp³-hybridized carbons (Fsp3) is 0.333. The van der Waals surface area contributed by atoms with Crippen molar-refractivity contribution in [1.29, 1.82) is 0 Å². The Kier molecular flexibility index (Phi) is 3.33. The van der Waals surface area contributed by atoms with E-state index in [1.807, 2.05) is 23.0 Å². The van der Waals surface area contributed by atoms with Gasteiger partial charge in [0.15, 0.2) is 0 Å². The zero-order valence-corrected chi connectivity index (χ0v) is 11.3. The number of hydrogen-bond donors (Lipinski definition) is 1. The van der Waals surface area contributed by atoms with Gasteiger partial charge in [-0.2, -0.15) is 0 Å². The van der Waals surface area contributed by atoms with Crippen molar-refractivity contribution in [2.24, 2.45) is 11.7 Å².